The topological polar surface area (TPSA) is 74.6 Å². The third-order valence-electron chi connectivity index (χ3n) is 5.92. The van der Waals surface area contributed by atoms with Gasteiger partial charge < -0.3 is 24.1 Å². The monoisotopic (exact) mass is 485 g/mol. The number of rotatable bonds is 12. The van der Waals surface area contributed by atoms with Gasteiger partial charge in [0.15, 0.2) is 11.5 Å². The van der Waals surface area contributed by atoms with Gasteiger partial charge in [0.05, 0.1) is 31.8 Å². The zero-order valence-electron chi connectivity index (χ0n) is 20.7. The van der Waals surface area contributed by atoms with Crippen molar-refractivity contribution in [3.8, 4) is 17.2 Å². The van der Waals surface area contributed by atoms with Crippen molar-refractivity contribution in [1.82, 2.24) is 14.9 Å². The summed E-state index contributed by atoms with van der Waals surface area (Å²) < 4.78 is 18.8. The smallest absolute Gasteiger partial charge is 0.251 e. The third kappa shape index (κ3) is 5.68. The van der Waals surface area contributed by atoms with E-state index in [1.54, 1.807) is 32.4 Å². The van der Waals surface area contributed by atoms with Gasteiger partial charge >= 0.3 is 0 Å². The second-order valence-corrected chi connectivity index (χ2v) is 8.19. The van der Waals surface area contributed by atoms with E-state index in [0.717, 1.165) is 34.6 Å². The van der Waals surface area contributed by atoms with Crippen LogP contribution in [-0.2, 0) is 19.4 Å². The first-order valence-electron chi connectivity index (χ1n) is 11.9. The van der Waals surface area contributed by atoms with E-state index in [1.165, 1.54) is 0 Å². The number of benzene rings is 3. The lowest BCUT2D eigenvalue weighted by atomic mass is 10.1. The van der Waals surface area contributed by atoms with E-state index >= 15 is 0 Å². The number of fused-ring (bicyclic) bond motifs is 1. The molecule has 1 heterocycles. The van der Waals surface area contributed by atoms with Crippen molar-refractivity contribution in [2.24, 2.45) is 0 Å². The Balaban J connectivity index is 1.43. The molecule has 0 aliphatic heterocycles. The molecule has 186 valence electrons. The highest BCUT2D eigenvalue weighted by molar-refractivity contribution is 5.94. The van der Waals surface area contributed by atoms with Gasteiger partial charge in [-0.2, -0.15) is 0 Å². The molecule has 1 aromatic heterocycles. The standard InChI is InChI=1S/C29H31N3O4/c1-4-9-21-10-5-8-13-25(21)36-19-18-32-24-12-7-6-11-23(24)31-28(32)16-17-30-29(33)22-14-15-26(34-2)27(20-22)35-3/h4-8,10-15,20H,1,9,16-19H2,2-3H3,(H,30,33). The van der Waals surface area contributed by atoms with E-state index in [4.69, 9.17) is 19.2 Å². The molecule has 7 nitrogen and oxygen atoms in total. The second-order valence-electron chi connectivity index (χ2n) is 8.19. The van der Waals surface area contributed by atoms with Crippen LogP contribution in [0.1, 0.15) is 21.7 Å². The maximum absolute atomic E-state index is 12.7. The number of aromatic nitrogens is 2. The van der Waals surface area contributed by atoms with Crippen LogP contribution < -0.4 is 19.5 Å². The van der Waals surface area contributed by atoms with Crippen LogP contribution in [0.4, 0.5) is 0 Å². The van der Waals surface area contributed by atoms with Crippen molar-refractivity contribution >= 4 is 16.9 Å². The van der Waals surface area contributed by atoms with Crippen LogP contribution in [0.25, 0.3) is 11.0 Å². The molecule has 7 heteroatoms. The Kier molecular flexibility index (Phi) is 8.24. The number of imidazole rings is 1. The predicted octanol–water partition coefficient (Wildman–Crippen LogP) is 4.83. The van der Waals surface area contributed by atoms with Gasteiger partial charge in [-0.15, -0.1) is 6.58 Å². The van der Waals surface area contributed by atoms with Gasteiger partial charge in [0.1, 0.15) is 18.2 Å². The van der Waals surface area contributed by atoms with Crippen molar-refractivity contribution in [2.75, 3.05) is 27.4 Å². The zero-order valence-corrected chi connectivity index (χ0v) is 20.7. The number of hydrogen-bond donors (Lipinski definition) is 1. The van der Waals surface area contributed by atoms with E-state index in [2.05, 4.69) is 28.6 Å². The average Bonchev–Trinajstić information content (AvgIpc) is 3.26. The Morgan fingerprint density at radius 3 is 2.58 bits per heavy atom. The molecule has 0 aliphatic carbocycles. The highest BCUT2D eigenvalue weighted by atomic mass is 16.5. The van der Waals surface area contributed by atoms with Gasteiger partial charge in [-0.3, -0.25) is 4.79 Å². The number of amides is 1. The first kappa shape index (κ1) is 24.9. The molecule has 1 N–H and O–H groups in total. The molecule has 0 atom stereocenters. The van der Waals surface area contributed by atoms with Crippen molar-refractivity contribution < 1.29 is 19.0 Å². The van der Waals surface area contributed by atoms with Crippen LogP contribution in [0.2, 0.25) is 0 Å². The lowest BCUT2D eigenvalue weighted by molar-refractivity contribution is 0.0953. The van der Waals surface area contributed by atoms with Gasteiger partial charge in [0.2, 0.25) is 0 Å². The average molecular weight is 486 g/mol. The third-order valence-corrected chi connectivity index (χ3v) is 5.92. The van der Waals surface area contributed by atoms with Crippen molar-refractivity contribution in [2.45, 2.75) is 19.4 Å². The largest absolute Gasteiger partial charge is 0.493 e. The summed E-state index contributed by atoms with van der Waals surface area (Å²) in [6, 6.07) is 21.2. The molecule has 0 unspecified atom stereocenters. The fourth-order valence-electron chi connectivity index (χ4n) is 4.15. The van der Waals surface area contributed by atoms with E-state index in [0.29, 0.717) is 43.2 Å². The Bertz CT molecular complexity index is 1350. The van der Waals surface area contributed by atoms with Crippen LogP contribution in [-0.4, -0.2) is 42.8 Å². The fourth-order valence-corrected chi connectivity index (χ4v) is 4.15. The van der Waals surface area contributed by atoms with E-state index < -0.39 is 0 Å². The molecule has 4 rings (SSSR count). The summed E-state index contributed by atoms with van der Waals surface area (Å²) in [5.41, 5.74) is 3.58. The lowest BCUT2D eigenvalue weighted by Crippen LogP contribution is -2.26. The normalized spacial score (nSPS) is 10.7. The first-order valence-corrected chi connectivity index (χ1v) is 11.9. The maximum atomic E-state index is 12.7. The number of methoxy groups -OCH3 is 2. The number of carbonyl (C=O) groups excluding carboxylic acids is 1. The summed E-state index contributed by atoms with van der Waals surface area (Å²) in [6.07, 6.45) is 3.22. The van der Waals surface area contributed by atoms with Gasteiger partial charge in [0, 0.05) is 18.5 Å². The molecule has 36 heavy (non-hydrogen) atoms. The molecule has 1 amide bonds. The summed E-state index contributed by atoms with van der Waals surface area (Å²) in [7, 11) is 3.11. The van der Waals surface area contributed by atoms with E-state index in [-0.39, 0.29) is 5.91 Å². The molecule has 0 spiro atoms. The minimum absolute atomic E-state index is 0.180. The van der Waals surface area contributed by atoms with Gasteiger partial charge in [-0.1, -0.05) is 36.4 Å². The minimum atomic E-state index is -0.180. The van der Waals surface area contributed by atoms with Crippen LogP contribution >= 0.6 is 0 Å². The summed E-state index contributed by atoms with van der Waals surface area (Å²) in [5, 5.41) is 2.98. The van der Waals surface area contributed by atoms with Gasteiger partial charge in [0.25, 0.3) is 5.91 Å². The van der Waals surface area contributed by atoms with Crippen LogP contribution in [0.3, 0.4) is 0 Å². The van der Waals surface area contributed by atoms with Gasteiger partial charge in [-0.05, 0) is 48.4 Å². The first-order chi connectivity index (χ1) is 17.6. The summed E-state index contributed by atoms with van der Waals surface area (Å²) in [5.74, 6) is 2.68. The number of carbonyl (C=O) groups is 1. The van der Waals surface area contributed by atoms with Crippen molar-refractivity contribution in [3.05, 3.63) is 96.3 Å². The predicted molar refractivity (Wildman–Crippen MR) is 141 cm³/mol. The van der Waals surface area contributed by atoms with Crippen LogP contribution in [0.5, 0.6) is 17.2 Å². The summed E-state index contributed by atoms with van der Waals surface area (Å²) in [4.78, 5) is 17.5. The Morgan fingerprint density at radius 2 is 1.78 bits per heavy atom. The van der Waals surface area contributed by atoms with Crippen molar-refractivity contribution in [1.29, 1.82) is 0 Å². The zero-order chi connectivity index (χ0) is 25.3. The lowest BCUT2D eigenvalue weighted by Gasteiger charge is -2.13. The Hall–Kier alpha value is -4.26. The second kappa shape index (κ2) is 11.9. The van der Waals surface area contributed by atoms with Gasteiger partial charge in [-0.25, -0.2) is 4.98 Å². The molecule has 0 radical (unpaired) electrons. The number of allylic oxidation sites excluding steroid dienone is 1. The van der Waals surface area contributed by atoms with E-state index in [9.17, 15) is 4.79 Å². The van der Waals surface area contributed by atoms with Crippen LogP contribution in [0, 0.1) is 0 Å². The molecular formula is C29H31N3O4. The fraction of sp³-hybridized carbons (Fsp3) is 0.241. The number of para-hydroxylation sites is 3. The highest BCUT2D eigenvalue weighted by Crippen LogP contribution is 2.27. The Morgan fingerprint density at radius 1 is 1.00 bits per heavy atom. The molecule has 0 aliphatic rings. The molecular weight excluding hydrogens is 454 g/mol. The SMILES string of the molecule is C=CCc1ccccc1OCCn1c(CCNC(=O)c2ccc(OC)c(OC)c2)nc2ccccc21. The minimum Gasteiger partial charge on any atom is -0.493 e. The number of hydrogen-bond acceptors (Lipinski definition) is 5. The molecule has 0 fully saturated rings. The Labute approximate surface area is 211 Å². The highest BCUT2D eigenvalue weighted by Gasteiger charge is 2.13. The van der Waals surface area contributed by atoms with E-state index in [1.807, 2.05) is 42.5 Å². The van der Waals surface area contributed by atoms with Crippen LogP contribution in [0.15, 0.2) is 79.4 Å². The maximum Gasteiger partial charge on any atom is 0.251 e. The molecule has 4 aromatic rings. The molecule has 3 aromatic carbocycles. The molecule has 0 bridgehead atoms. The van der Waals surface area contributed by atoms with Crippen molar-refractivity contribution in [3.63, 3.8) is 0 Å². The summed E-state index contributed by atoms with van der Waals surface area (Å²) >= 11 is 0. The molecule has 0 saturated heterocycles. The number of nitrogens with zero attached hydrogens (tertiary/aromatic N) is 2. The molecule has 0 saturated carbocycles. The number of ether oxygens (including phenoxy) is 3. The quantitative estimate of drug-likeness (QED) is 0.291. The number of nitrogens with one attached hydrogen (secondary N) is 1. The summed E-state index contributed by atoms with van der Waals surface area (Å²) in [6.45, 7) is 5.41.